The number of rotatable bonds is 6. The minimum Gasteiger partial charge on any atom is -0.477 e. The van der Waals surface area contributed by atoms with Gasteiger partial charge in [-0.2, -0.15) is 0 Å². The second kappa shape index (κ2) is 10.3. The smallest absolute Gasteiger partial charge is 0.254 e. The number of likely N-dealkylation sites (tertiary alicyclic amines) is 1. The molecule has 3 heterocycles. The van der Waals surface area contributed by atoms with Crippen molar-refractivity contribution in [1.29, 1.82) is 0 Å². The summed E-state index contributed by atoms with van der Waals surface area (Å²) in [5.41, 5.74) is 2.37. The SMILES string of the molecule is Cc1ccc(-c2ncccn2)c(C(=O)N2CCC[C@H](COc3ccc(F)cn3)C2CI)c1. The fraction of sp³-hybridized carbons (Fsp3) is 0.333. The molecule has 3 aromatic rings. The fourth-order valence-corrected chi connectivity index (χ4v) is 5.25. The van der Waals surface area contributed by atoms with E-state index in [4.69, 9.17) is 4.74 Å². The van der Waals surface area contributed by atoms with Crippen LogP contribution >= 0.6 is 22.6 Å². The highest BCUT2D eigenvalue weighted by atomic mass is 127. The largest absolute Gasteiger partial charge is 0.477 e. The molecule has 32 heavy (non-hydrogen) atoms. The first-order valence-electron chi connectivity index (χ1n) is 10.6. The van der Waals surface area contributed by atoms with Gasteiger partial charge >= 0.3 is 0 Å². The molecule has 1 unspecified atom stereocenters. The molecule has 0 N–H and O–H groups in total. The lowest BCUT2D eigenvalue weighted by Gasteiger charge is -2.40. The standard InChI is InChI=1S/C24H24FIN4O2/c1-16-5-7-19(23-27-9-3-10-28-23)20(12-16)24(31)30-11-2-4-17(21(30)13-26)15-32-22-8-6-18(25)14-29-22/h3,5-10,12,14,17,21H,2,4,11,13,15H2,1H3/t17-,21?/m1/s1. The van der Waals surface area contributed by atoms with Gasteiger partial charge in [0.25, 0.3) is 5.91 Å². The first kappa shape index (κ1) is 22.6. The summed E-state index contributed by atoms with van der Waals surface area (Å²) < 4.78 is 19.7. The van der Waals surface area contributed by atoms with Crippen LogP contribution in [0, 0.1) is 18.7 Å². The van der Waals surface area contributed by atoms with Gasteiger partial charge in [-0.25, -0.2) is 19.3 Å². The molecule has 166 valence electrons. The summed E-state index contributed by atoms with van der Waals surface area (Å²) in [6.07, 6.45) is 6.37. The van der Waals surface area contributed by atoms with Crippen LogP contribution in [0.1, 0.15) is 28.8 Å². The van der Waals surface area contributed by atoms with Crippen molar-refractivity contribution in [3.05, 3.63) is 71.9 Å². The lowest BCUT2D eigenvalue weighted by atomic mass is 9.89. The van der Waals surface area contributed by atoms with Gasteiger partial charge in [0.05, 0.1) is 18.4 Å². The van der Waals surface area contributed by atoms with E-state index in [0.717, 1.165) is 34.6 Å². The van der Waals surface area contributed by atoms with E-state index in [1.165, 1.54) is 12.1 Å². The molecule has 0 bridgehead atoms. The third-order valence-corrected chi connectivity index (χ3v) is 6.60. The predicted molar refractivity (Wildman–Crippen MR) is 128 cm³/mol. The minimum atomic E-state index is -0.395. The summed E-state index contributed by atoms with van der Waals surface area (Å²) in [4.78, 5) is 28.4. The molecular weight excluding hydrogens is 522 g/mol. The lowest BCUT2D eigenvalue weighted by Crippen LogP contribution is -2.51. The second-order valence-electron chi connectivity index (χ2n) is 7.87. The molecule has 8 heteroatoms. The van der Waals surface area contributed by atoms with Crippen LogP contribution in [-0.2, 0) is 0 Å². The summed E-state index contributed by atoms with van der Waals surface area (Å²) in [5, 5.41) is 0. The molecule has 0 radical (unpaired) electrons. The van der Waals surface area contributed by atoms with Gasteiger partial charge in [0.2, 0.25) is 5.88 Å². The molecule has 1 fully saturated rings. The summed E-state index contributed by atoms with van der Waals surface area (Å²) >= 11 is 2.34. The molecule has 2 aromatic heterocycles. The van der Waals surface area contributed by atoms with Crippen LogP contribution in [-0.4, -0.2) is 49.4 Å². The van der Waals surface area contributed by atoms with Crippen molar-refractivity contribution in [2.24, 2.45) is 5.92 Å². The highest BCUT2D eigenvalue weighted by molar-refractivity contribution is 14.1. The average Bonchev–Trinajstić information content (AvgIpc) is 2.83. The van der Waals surface area contributed by atoms with Gasteiger partial charge in [-0.1, -0.05) is 40.3 Å². The van der Waals surface area contributed by atoms with Crippen LogP contribution in [0.5, 0.6) is 5.88 Å². The van der Waals surface area contributed by atoms with Crippen LogP contribution in [0.15, 0.2) is 55.0 Å². The number of hydrogen-bond acceptors (Lipinski definition) is 5. The maximum absolute atomic E-state index is 13.7. The van der Waals surface area contributed by atoms with Crippen molar-refractivity contribution in [3.63, 3.8) is 0 Å². The Bertz CT molecular complexity index is 1070. The summed E-state index contributed by atoms with van der Waals surface area (Å²) in [6.45, 7) is 3.10. The van der Waals surface area contributed by atoms with Gasteiger partial charge in [0.15, 0.2) is 5.82 Å². The van der Waals surface area contributed by atoms with E-state index >= 15 is 0 Å². The van der Waals surface area contributed by atoms with E-state index < -0.39 is 5.82 Å². The fourth-order valence-electron chi connectivity index (χ4n) is 4.06. The number of aryl methyl sites for hydroxylation is 1. The Morgan fingerprint density at radius 1 is 1.22 bits per heavy atom. The number of aromatic nitrogens is 3. The van der Waals surface area contributed by atoms with Crippen LogP contribution in [0.4, 0.5) is 4.39 Å². The van der Waals surface area contributed by atoms with Crippen molar-refractivity contribution in [1.82, 2.24) is 19.9 Å². The number of carbonyl (C=O) groups excluding carboxylic acids is 1. The first-order chi connectivity index (χ1) is 15.6. The third kappa shape index (κ3) is 5.06. The molecule has 6 nitrogen and oxygen atoms in total. The quantitative estimate of drug-likeness (QED) is 0.331. The third-order valence-electron chi connectivity index (χ3n) is 5.70. The van der Waals surface area contributed by atoms with Gasteiger partial charge in [-0.05, 0) is 38.0 Å². The highest BCUT2D eigenvalue weighted by Crippen LogP contribution is 2.30. The number of alkyl halides is 1. The molecular formula is C24H24FIN4O2. The summed E-state index contributed by atoms with van der Waals surface area (Å²) in [5.74, 6) is 0.693. The van der Waals surface area contributed by atoms with Crippen molar-refractivity contribution in [2.45, 2.75) is 25.8 Å². The Morgan fingerprint density at radius 3 is 2.75 bits per heavy atom. The van der Waals surface area contributed by atoms with E-state index in [1.54, 1.807) is 18.5 Å². The molecule has 4 rings (SSSR count). The zero-order valence-corrected chi connectivity index (χ0v) is 19.9. The zero-order valence-electron chi connectivity index (χ0n) is 17.7. The van der Waals surface area contributed by atoms with Gasteiger partial charge in [0, 0.05) is 47.0 Å². The number of benzene rings is 1. The maximum atomic E-state index is 13.7. The van der Waals surface area contributed by atoms with E-state index in [9.17, 15) is 9.18 Å². The summed E-state index contributed by atoms with van der Waals surface area (Å²) in [7, 11) is 0. The molecule has 2 atom stereocenters. The molecule has 1 aliphatic heterocycles. The van der Waals surface area contributed by atoms with Gasteiger partial charge in [-0.3, -0.25) is 4.79 Å². The Morgan fingerprint density at radius 2 is 2.03 bits per heavy atom. The molecule has 0 spiro atoms. The van der Waals surface area contributed by atoms with Crippen molar-refractivity contribution >= 4 is 28.5 Å². The highest BCUT2D eigenvalue weighted by Gasteiger charge is 2.35. The van der Waals surface area contributed by atoms with E-state index in [0.29, 0.717) is 30.4 Å². The van der Waals surface area contributed by atoms with Crippen LogP contribution in [0.3, 0.4) is 0 Å². The molecule has 1 aliphatic rings. The predicted octanol–water partition coefficient (Wildman–Crippen LogP) is 4.72. The monoisotopic (exact) mass is 546 g/mol. The number of halogens is 2. The number of piperidine rings is 1. The number of carbonyl (C=O) groups is 1. The van der Waals surface area contributed by atoms with Crippen LogP contribution in [0.2, 0.25) is 0 Å². The van der Waals surface area contributed by atoms with Crippen LogP contribution < -0.4 is 4.74 Å². The number of ether oxygens (including phenoxy) is 1. The minimum absolute atomic E-state index is 0.0116. The maximum Gasteiger partial charge on any atom is 0.254 e. The Kier molecular flexibility index (Phi) is 7.29. The Hall–Kier alpha value is -2.62. The number of pyridine rings is 1. The Labute approximate surface area is 200 Å². The van der Waals surface area contributed by atoms with Crippen LogP contribution in [0.25, 0.3) is 11.4 Å². The number of amides is 1. The van der Waals surface area contributed by atoms with Crippen molar-refractivity contribution in [3.8, 4) is 17.3 Å². The molecule has 0 aliphatic carbocycles. The molecule has 1 amide bonds. The second-order valence-corrected chi connectivity index (χ2v) is 8.75. The first-order valence-corrected chi connectivity index (χ1v) is 12.1. The van der Waals surface area contributed by atoms with Gasteiger partial charge in [-0.15, -0.1) is 0 Å². The van der Waals surface area contributed by atoms with E-state index in [1.807, 2.05) is 30.0 Å². The summed E-state index contributed by atoms with van der Waals surface area (Å²) in [6, 6.07) is 10.5. The normalized spacial score (nSPS) is 18.4. The van der Waals surface area contributed by atoms with Crippen molar-refractivity contribution in [2.75, 3.05) is 17.6 Å². The molecule has 0 saturated carbocycles. The van der Waals surface area contributed by atoms with Crippen molar-refractivity contribution < 1.29 is 13.9 Å². The van der Waals surface area contributed by atoms with E-state index in [2.05, 4.69) is 37.5 Å². The van der Waals surface area contributed by atoms with Gasteiger partial charge < -0.3 is 9.64 Å². The molecule has 1 saturated heterocycles. The van der Waals surface area contributed by atoms with Gasteiger partial charge in [0.1, 0.15) is 5.82 Å². The zero-order chi connectivity index (χ0) is 22.5. The van der Waals surface area contributed by atoms with E-state index in [-0.39, 0.29) is 17.9 Å². The molecule has 1 aromatic carbocycles. The lowest BCUT2D eigenvalue weighted by molar-refractivity contribution is 0.0466. The topological polar surface area (TPSA) is 68.2 Å². The average molecular weight is 546 g/mol. The Balaban J connectivity index is 1.56. The number of nitrogens with zero attached hydrogens (tertiary/aromatic N) is 4. The number of hydrogen-bond donors (Lipinski definition) is 0.